The third-order valence-electron chi connectivity index (χ3n) is 2.47. The van der Waals surface area contributed by atoms with Crippen molar-refractivity contribution in [2.45, 2.75) is 12.1 Å². The number of nitrogens with zero attached hydrogens (tertiary/aromatic N) is 1. The van der Waals surface area contributed by atoms with Crippen molar-refractivity contribution in [3.63, 3.8) is 0 Å². The minimum atomic E-state index is -4.37. The molecule has 1 heterocycles. The van der Waals surface area contributed by atoms with Crippen molar-refractivity contribution in [1.29, 1.82) is 0 Å². The van der Waals surface area contributed by atoms with Crippen molar-refractivity contribution in [2.75, 3.05) is 5.32 Å². The number of hydrogen-bond acceptors (Lipinski definition) is 2. The van der Waals surface area contributed by atoms with E-state index in [1.54, 1.807) is 24.3 Å². The molecule has 0 saturated carbocycles. The first-order valence-corrected chi connectivity index (χ1v) is 5.97. The molecule has 2 rings (SSSR count). The van der Waals surface area contributed by atoms with E-state index in [1.165, 1.54) is 0 Å². The molecule has 1 N–H and O–H groups in total. The first-order valence-electron chi connectivity index (χ1n) is 5.44. The van der Waals surface area contributed by atoms with Gasteiger partial charge in [0.2, 0.25) is 0 Å². The maximum Gasteiger partial charge on any atom is 0.416 e. The zero-order valence-corrected chi connectivity index (χ0v) is 10.5. The lowest BCUT2D eigenvalue weighted by molar-refractivity contribution is -0.137. The van der Waals surface area contributed by atoms with E-state index in [-0.39, 0.29) is 5.82 Å². The molecule has 0 spiro atoms. The molecule has 0 aliphatic heterocycles. The van der Waals surface area contributed by atoms with Crippen LogP contribution in [0.2, 0.25) is 0 Å². The summed E-state index contributed by atoms with van der Waals surface area (Å²) in [5.74, 6) is 0.538. The second-order valence-corrected chi connectivity index (χ2v) is 4.15. The van der Waals surface area contributed by atoms with Gasteiger partial charge in [0.15, 0.2) is 0 Å². The summed E-state index contributed by atoms with van der Waals surface area (Å²) in [5.41, 5.74) is 0.854. The molecule has 0 bridgehead atoms. The van der Waals surface area contributed by atoms with Gasteiger partial charge in [0.1, 0.15) is 5.82 Å². The molecule has 1 aromatic carbocycles. The van der Waals surface area contributed by atoms with Crippen LogP contribution >= 0.6 is 11.6 Å². The lowest BCUT2D eigenvalue weighted by Crippen LogP contribution is -2.06. The van der Waals surface area contributed by atoms with Crippen LogP contribution in [0, 0.1) is 0 Å². The summed E-state index contributed by atoms with van der Waals surface area (Å²) in [6.07, 6.45) is -3.25. The lowest BCUT2D eigenvalue weighted by atomic mass is 10.2. The molecule has 2 nitrogen and oxygen atoms in total. The Balaban J connectivity index is 2.18. The van der Waals surface area contributed by atoms with Gasteiger partial charge in [-0.05, 0) is 29.8 Å². The van der Waals surface area contributed by atoms with E-state index < -0.39 is 11.7 Å². The zero-order chi connectivity index (χ0) is 13.9. The molecular formula is C13H10ClF3N2. The highest BCUT2D eigenvalue weighted by Gasteiger charge is 2.30. The van der Waals surface area contributed by atoms with Gasteiger partial charge in [0, 0.05) is 17.8 Å². The second kappa shape index (κ2) is 5.48. The minimum absolute atomic E-state index is 0.147. The smallest absolute Gasteiger partial charge is 0.340 e. The Labute approximate surface area is 113 Å². The summed E-state index contributed by atoms with van der Waals surface area (Å²) < 4.78 is 37.6. The summed E-state index contributed by atoms with van der Waals surface area (Å²) in [4.78, 5) is 3.85. The summed E-state index contributed by atoms with van der Waals surface area (Å²) in [5, 5.41) is 2.81. The van der Waals surface area contributed by atoms with Crippen molar-refractivity contribution in [1.82, 2.24) is 4.98 Å². The van der Waals surface area contributed by atoms with Crippen LogP contribution in [0.4, 0.5) is 24.7 Å². The first kappa shape index (κ1) is 13.7. The normalized spacial score (nSPS) is 11.4. The van der Waals surface area contributed by atoms with Crippen LogP contribution in [-0.4, -0.2) is 4.98 Å². The Kier molecular flexibility index (Phi) is 3.95. The van der Waals surface area contributed by atoms with E-state index in [1.807, 2.05) is 0 Å². The third kappa shape index (κ3) is 3.61. The maximum absolute atomic E-state index is 12.5. The molecule has 100 valence electrons. The van der Waals surface area contributed by atoms with E-state index in [4.69, 9.17) is 11.6 Å². The summed E-state index contributed by atoms with van der Waals surface area (Å²) in [7, 11) is 0. The first-order chi connectivity index (χ1) is 8.99. The van der Waals surface area contributed by atoms with Crippen molar-refractivity contribution >= 4 is 23.1 Å². The van der Waals surface area contributed by atoms with Crippen LogP contribution in [0.25, 0.3) is 0 Å². The molecule has 6 heteroatoms. The predicted octanol–water partition coefficient (Wildman–Crippen LogP) is 4.58. The number of aromatic nitrogens is 1. The van der Waals surface area contributed by atoms with Gasteiger partial charge < -0.3 is 5.32 Å². The average Bonchev–Trinajstić information content (AvgIpc) is 2.39. The molecule has 0 saturated heterocycles. The summed E-state index contributed by atoms with van der Waals surface area (Å²) >= 11 is 5.65. The van der Waals surface area contributed by atoms with Crippen LogP contribution in [0.15, 0.2) is 42.6 Å². The van der Waals surface area contributed by atoms with Gasteiger partial charge in [-0.25, -0.2) is 4.98 Å². The summed E-state index contributed by atoms with van der Waals surface area (Å²) in [6, 6.07) is 8.96. The van der Waals surface area contributed by atoms with Crippen molar-refractivity contribution in [3.05, 3.63) is 53.7 Å². The zero-order valence-electron chi connectivity index (χ0n) is 9.71. The number of benzene rings is 1. The third-order valence-corrected chi connectivity index (χ3v) is 2.78. The molecule has 0 fully saturated rings. The molecule has 0 amide bonds. The number of nitrogens with one attached hydrogen (secondary N) is 1. The van der Waals surface area contributed by atoms with Crippen LogP contribution < -0.4 is 5.32 Å². The molecule has 0 aliphatic rings. The van der Waals surface area contributed by atoms with Crippen molar-refractivity contribution in [3.8, 4) is 0 Å². The number of halogens is 4. The quantitative estimate of drug-likeness (QED) is 0.835. The predicted molar refractivity (Wildman–Crippen MR) is 68.5 cm³/mol. The molecule has 0 atom stereocenters. The second-order valence-electron chi connectivity index (χ2n) is 3.88. The van der Waals surface area contributed by atoms with E-state index in [0.29, 0.717) is 11.6 Å². The fraction of sp³-hybridized carbons (Fsp3) is 0.154. The van der Waals surface area contributed by atoms with E-state index in [2.05, 4.69) is 10.3 Å². The Bertz CT molecular complexity index is 553. The molecule has 0 aliphatic carbocycles. The molecule has 0 unspecified atom stereocenters. The highest BCUT2D eigenvalue weighted by atomic mass is 35.5. The number of alkyl halides is 4. The number of hydrogen-bond donors (Lipinski definition) is 1. The largest absolute Gasteiger partial charge is 0.416 e. The SMILES string of the molecule is FC(F)(F)c1ccnc(Nc2ccc(CCl)cc2)c1. The van der Waals surface area contributed by atoms with Crippen LogP contribution in [0.5, 0.6) is 0 Å². The fourth-order valence-electron chi connectivity index (χ4n) is 1.50. The lowest BCUT2D eigenvalue weighted by Gasteiger charge is -2.10. The van der Waals surface area contributed by atoms with Crippen LogP contribution in [-0.2, 0) is 12.1 Å². The average molecular weight is 287 g/mol. The Hall–Kier alpha value is -1.75. The molecule has 19 heavy (non-hydrogen) atoms. The topological polar surface area (TPSA) is 24.9 Å². The Morgan fingerprint density at radius 2 is 1.79 bits per heavy atom. The standard InChI is InChI=1S/C13H10ClF3N2/c14-8-9-1-3-11(4-2-9)19-12-7-10(5-6-18-12)13(15,16)17/h1-7H,8H2,(H,18,19). The van der Waals surface area contributed by atoms with Crippen LogP contribution in [0.1, 0.15) is 11.1 Å². The number of rotatable bonds is 3. The van der Waals surface area contributed by atoms with Crippen molar-refractivity contribution < 1.29 is 13.2 Å². The minimum Gasteiger partial charge on any atom is -0.340 e. The number of anilines is 2. The van der Waals surface area contributed by atoms with Gasteiger partial charge in [-0.1, -0.05) is 12.1 Å². The van der Waals surface area contributed by atoms with Gasteiger partial charge in [-0.15, -0.1) is 11.6 Å². The van der Waals surface area contributed by atoms with Gasteiger partial charge in [-0.2, -0.15) is 13.2 Å². The van der Waals surface area contributed by atoms with E-state index >= 15 is 0 Å². The van der Waals surface area contributed by atoms with Gasteiger partial charge in [-0.3, -0.25) is 0 Å². The molecule has 1 aromatic heterocycles. The molecular weight excluding hydrogens is 277 g/mol. The Morgan fingerprint density at radius 1 is 1.11 bits per heavy atom. The fourth-order valence-corrected chi connectivity index (χ4v) is 1.68. The molecule has 0 radical (unpaired) electrons. The highest BCUT2D eigenvalue weighted by molar-refractivity contribution is 6.17. The Morgan fingerprint density at radius 3 is 2.37 bits per heavy atom. The van der Waals surface area contributed by atoms with Gasteiger partial charge in [0.25, 0.3) is 0 Å². The maximum atomic E-state index is 12.5. The van der Waals surface area contributed by atoms with Crippen LogP contribution in [0.3, 0.4) is 0 Å². The van der Waals surface area contributed by atoms with Gasteiger partial charge >= 0.3 is 6.18 Å². The highest BCUT2D eigenvalue weighted by Crippen LogP contribution is 2.30. The van der Waals surface area contributed by atoms with Crippen molar-refractivity contribution in [2.24, 2.45) is 0 Å². The monoisotopic (exact) mass is 286 g/mol. The van der Waals surface area contributed by atoms with E-state index in [0.717, 1.165) is 23.9 Å². The number of pyridine rings is 1. The molecule has 2 aromatic rings. The summed E-state index contributed by atoms with van der Waals surface area (Å²) in [6.45, 7) is 0. The van der Waals surface area contributed by atoms with E-state index in [9.17, 15) is 13.2 Å². The van der Waals surface area contributed by atoms with Gasteiger partial charge in [0.05, 0.1) is 5.56 Å².